The molecule has 1 amide bonds. The van der Waals surface area contributed by atoms with E-state index in [9.17, 15) is 13.2 Å². The highest BCUT2D eigenvalue weighted by Crippen LogP contribution is 2.23. The van der Waals surface area contributed by atoms with Crippen LogP contribution in [0.1, 0.15) is 28.8 Å². The quantitative estimate of drug-likeness (QED) is 0.571. The normalized spacial score (nSPS) is 15.5. The standard InChI is InChI=1S/C23H25ClN4O3S/c24-22-9-5-4-6-19(22)16-27-17-20(15-26-27)23(29)25-14-18-10-12-28(13-11-18)32(30,31)21-7-2-1-3-8-21/h1-9,15,17-18H,10-14,16H2,(H,25,29). The molecule has 168 valence electrons. The van der Waals surface area contributed by atoms with Gasteiger partial charge in [0.25, 0.3) is 5.91 Å². The van der Waals surface area contributed by atoms with Crippen LogP contribution >= 0.6 is 11.6 Å². The molecule has 0 aliphatic carbocycles. The number of halogens is 1. The summed E-state index contributed by atoms with van der Waals surface area (Å²) in [6.07, 6.45) is 4.66. The van der Waals surface area contributed by atoms with E-state index in [4.69, 9.17) is 11.6 Å². The van der Waals surface area contributed by atoms with Crippen LogP contribution in [-0.4, -0.2) is 48.0 Å². The fourth-order valence-electron chi connectivity index (χ4n) is 3.80. The van der Waals surface area contributed by atoms with Gasteiger partial charge in [0.05, 0.1) is 23.2 Å². The summed E-state index contributed by atoms with van der Waals surface area (Å²) >= 11 is 6.19. The van der Waals surface area contributed by atoms with Crippen LogP contribution in [-0.2, 0) is 16.6 Å². The molecule has 2 heterocycles. The molecular weight excluding hydrogens is 448 g/mol. The summed E-state index contributed by atoms with van der Waals surface area (Å²) < 4.78 is 28.7. The Bertz CT molecular complexity index is 1170. The van der Waals surface area contributed by atoms with E-state index in [2.05, 4.69) is 10.4 Å². The van der Waals surface area contributed by atoms with Crippen molar-refractivity contribution >= 4 is 27.5 Å². The Morgan fingerprint density at radius 3 is 2.47 bits per heavy atom. The molecule has 7 nitrogen and oxygen atoms in total. The third-order valence-electron chi connectivity index (χ3n) is 5.69. The van der Waals surface area contributed by atoms with Gasteiger partial charge in [0.15, 0.2) is 0 Å². The van der Waals surface area contributed by atoms with Gasteiger partial charge in [-0.3, -0.25) is 9.48 Å². The van der Waals surface area contributed by atoms with Crippen molar-refractivity contribution < 1.29 is 13.2 Å². The SMILES string of the molecule is O=C(NCC1CCN(S(=O)(=O)c2ccccc2)CC1)c1cnn(Cc2ccccc2Cl)c1. The minimum Gasteiger partial charge on any atom is -0.352 e. The Hall–Kier alpha value is -2.68. The zero-order valence-corrected chi connectivity index (χ0v) is 19.1. The summed E-state index contributed by atoms with van der Waals surface area (Å²) in [7, 11) is -3.46. The zero-order valence-electron chi connectivity index (χ0n) is 17.5. The number of nitrogens with zero attached hydrogens (tertiary/aromatic N) is 3. The van der Waals surface area contributed by atoms with E-state index in [-0.39, 0.29) is 11.8 Å². The number of nitrogens with one attached hydrogen (secondary N) is 1. The molecule has 32 heavy (non-hydrogen) atoms. The van der Waals surface area contributed by atoms with Crippen LogP contribution in [0.2, 0.25) is 5.02 Å². The maximum atomic E-state index is 12.7. The van der Waals surface area contributed by atoms with Crippen molar-refractivity contribution in [3.8, 4) is 0 Å². The summed E-state index contributed by atoms with van der Waals surface area (Å²) in [6, 6.07) is 16.0. The molecule has 0 atom stereocenters. The molecule has 0 saturated carbocycles. The summed E-state index contributed by atoms with van der Waals surface area (Å²) in [5.41, 5.74) is 1.42. The first-order chi connectivity index (χ1) is 15.4. The van der Waals surface area contributed by atoms with Crippen molar-refractivity contribution in [3.63, 3.8) is 0 Å². The van der Waals surface area contributed by atoms with Gasteiger partial charge in [-0.25, -0.2) is 8.42 Å². The number of piperidine rings is 1. The number of carbonyl (C=O) groups is 1. The number of benzene rings is 2. The first kappa shape index (κ1) is 22.5. The molecule has 1 aliphatic rings. The molecule has 0 spiro atoms. The number of hydrogen-bond acceptors (Lipinski definition) is 4. The van der Waals surface area contributed by atoms with Gasteiger partial charge in [-0.2, -0.15) is 9.40 Å². The van der Waals surface area contributed by atoms with Gasteiger partial charge in [0, 0.05) is 30.9 Å². The molecule has 1 saturated heterocycles. The second kappa shape index (κ2) is 9.85. The van der Waals surface area contributed by atoms with Crippen LogP contribution in [0.25, 0.3) is 0 Å². The van der Waals surface area contributed by atoms with Crippen LogP contribution in [0.15, 0.2) is 71.9 Å². The Kier molecular flexibility index (Phi) is 6.93. The zero-order chi connectivity index (χ0) is 22.6. The second-order valence-corrected chi connectivity index (χ2v) is 10.2. The highest BCUT2D eigenvalue weighted by molar-refractivity contribution is 7.89. The maximum absolute atomic E-state index is 12.7. The fourth-order valence-corrected chi connectivity index (χ4v) is 5.49. The van der Waals surface area contributed by atoms with Gasteiger partial charge < -0.3 is 5.32 Å². The van der Waals surface area contributed by atoms with Crippen LogP contribution in [0.4, 0.5) is 0 Å². The van der Waals surface area contributed by atoms with Gasteiger partial charge >= 0.3 is 0 Å². The molecule has 0 unspecified atom stereocenters. The predicted octanol–water partition coefficient (Wildman–Crippen LogP) is 3.42. The first-order valence-corrected chi connectivity index (χ1v) is 12.3. The van der Waals surface area contributed by atoms with Crippen LogP contribution < -0.4 is 5.32 Å². The molecule has 9 heteroatoms. The number of hydrogen-bond donors (Lipinski definition) is 1. The molecule has 1 aliphatic heterocycles. The molecule has 0 bridgehead atoms. The Morgan fingerprint density at radius 2 is 1.75 bits per heavy atom. The van der Waals surface area contributed by atoms with E-state index < -0.39 is 10.0 Å². The maximum Gasteiger partial charge on any atom is 0.254 e. The lowest BCUT2D eigenvalue weighted by Gasteiger charge is -2.31. The fraction of sp³-hybridized carbons (Fsp3) is 0.304. The summed E-state index contributed by atoms with van der Waals surface area (Å²) in [6.45, 7) is 1.90. The summed E-state index contributed by atoms with van der Waals surface area (Å²) in [5, 5.41) is 7.88. The van der Waals surface area contributed by atoms with Gasteiger partial charge in [-0.05, 0) is 42.5 Å². The van der Waals surface area contributed by atoms with Gasteiger partial charge in [-0.1, -0.05) is 48.0 Å². The third kappa shape index (κ3) is 5.20. The van der Waals surface area contributed by atoms with Gasteiger partial charge in [0.1, 0.15) is 0 Å². The number of sulfonamides is 1. The average molecular weight is 473 g/mol. The Balaban J connectivity index is 1.27. The van der Waals surface area contributed by atoms with E-state index in [1.54, 1.807) is 47.4 Å². The van der Waals surface area contributed by atoms with E-state index in [1.807, 2.05) is 24.3 Å². The molecule has 2 aromatic carbocycles. The minimum atomic E-state index is -3.46. The van der Waals surface area contributed by atoms with Crippen molar-refractivity contribution in [2.24, 2.45) is 5.92 Å². The van der Waals surface area contributed by atoms with Crippen molar-refractivity contribution in [2.45, 2.75) is 24.3 Å². The first-order valence-electron chi connectivity index (χ1n) is 10.5. The molecular formula is C23H25ClN4O3S. The Labute approximate surface area is 193 Å². The molecule has 3 aromatic rings. The highest BCUT2D eigenvalue weighted by atomic mass is 35.5. The van der Waals surface area contributed by atoms with E-state index in [1.165, 1.54) is 4.31 Å². The van der Waals surface area contributed by atoms with Crippen LogP contribution in [0, 0.1) is 5.92 Å². The minimum absolute atomic E-state index is 0.185. The van der Waals surface area contributed by atoms with Gasteiger partial charge in [0.2, 0.25) is 10.0 Å². The smallest absolute Gasteiger partial charge is 0.254 e. The monoisotopic (exact) mass is 472 g/mol. The van der Waals surface area contributed by atoms with Crippen LogP contribution in [0.3, 0.4) is 0 Å². The van der Waals surface area contributed by atoms with Gasteiger partial charge in [-0.15, -0.1) is 0 Å². The number of carbonyl (C=O) groups excluding carboxylic acids is 1. The van der Waals surface area contributed by atoms with E-state index in [0.29, 0.717) is 54.5 Å². The van der Waals surface area contributed by atoms with E-state index in [0.717, 1.165) is 5.56 Å². The number of rotatable bonds is 7. The second-order valence-electron chi connectivity index (χ2n) is 7.89. The summed E-state index contributed by atoms with van der Waals surface area (Å²) in [4.78, 5) is 12.9. The summed E-state index contributed by atoms with van der Waals surface area (Å²) in [5.74, 6) is 0.0501. The largest absolute Gasteiger partial charge is 0.352 e. The average Bonchev–Trinajstić information content (AvgIpc) is 3.28. The number of amides is 1. The Morgan fingerprint density at radius 1 is 1.06 bits per heavy atom. The highest BCUT2D eigenvalue weighted by Gasteiger charge is 2.29. The molecule has 0 radical (unpaired) electrons. The lowest BCUT2D eigenvalue weighted by Crippen LogP contribution is -2.41. The molecule has 4 rings (SSSR count). The third-order valence-corrected chi connectivity index (χ3v) is 7.97. The van der Waals surface area contributed by atoms with E-state index >= 15 is 0 Å². The lowest BCUT2D eigenvalue weighted by molar-refractivity contribution is 0.0941. The van der Waals surface area contributed by atoms with Crippen molar-refractivity contribution in [1.82, 2.24) is 19.4 Å². The lowest BCUT2D eigenvalue weighted by atomic mass is 9.98. The molecule has 1 fully saturated rings. The molecule has 1 aromatic heterocycles. The number of aromatic nitrogens is 2. The van der Waals surface area contributed by atoms with Crippen molar-refractivity contribution in [2.75, 3.05) is 19.6 Å². The van der Waals surface area contributed by atoms with Crippen molar-refractivity contribution in [3.05, 3.63) is 83.1 Å². The van der Waals surface area contributed by atoms with Crippen molar-refractivity contribution in [1.29, 1.82) is 0 Å². The predicted molar refractivity (Wildman–Crippen MR) is 123 cm³/mol. The topological polar surface area (TPSA) is 84.3 Å². The van der Waals surface area contributed by atoms with Crippen LogP contribution in [0.5, 0.6) is 0 Å². The molecule has 1 N–H and O–H groups in total.